The summed E-state index contributed by atoms with van der Waals surface area (Å²) in [5, 5.41) is 19.6. The molecule has 1 atom stereocenters. The second-order valence-electron chi connectivity index (χ2n) is 9.08. The average molecular weight is 442 g/mol. The fourth-order valence-electron chi connectivity index (χ4n) is 4.74. The van der Waals surface area contributed by atoms with Gasteiger partial charge in [-0.2, -0.15) is 10.3 Å². The molecule has 7 nitrogen and oxygen atoms in total. The van der Waals surface area contributed by atoms with Gasteiger partial charge in [0.05, 0.1) is 6.04 Å². The van der Waals surface area contributed by atoms with E-state index < -0.39 is 0 Å². The van der Waals surface area contributed by atoms with E-state index in [1.165, 1.54) is 37.7 Å². The molecule has 0 amide bonds. The lowest BCUT2D eigenvalue weighted by molar-refractivity contribution is 0.415. The Kier molecular flexibility index (Phi) is 6.28. The first-order valence-corrected chi connectivity index (χ1v) is 12.1. The molecule has 2 heterocycles. The van der Waals surface area contributed by atoms with Gasteiger partial charge in [-0.05, 0) is 48.1 Å². The van der Waals surface area contributed by atoms with Gasteiger partial charge in [0.25, 0.3) is 0 Å². The Morgan fingerprint density at radius 1 is 1.00 bits per heavy atom. The number of aromatic nitrogens is 7. The van der Waals surface area contributed by atoms with Crippen LogP contribution in [0.3, 0.4) is 0 Å². The van der Waals surface area contributed by atoms with Crippen LogP contribution in [0.25, 0.3) is 22.5 Å². The molecule has 1 N–H and O–H groups in total. The summed E-state index contributed by atoms with van der Waals surface area (Å²) in [6.07, 6.45) is 8.22. The summed E-state index contributed by atoms with van der Waals surface area (Å²) >= 11 is 0. The number of nitrogens with zero attached hydrogens (tertiary/aromatic N) is 6. The summed E-state index contributed by atoms with van der Waals surface area (Å²) in [5.74, 6) is 3.25. The molecule has 2 aromatic carbocycles. The van der Waals surface area contributed by atoms with Crippen LogP contribution in [-0.4, -0.2) is 35.4 Å². The topological polar surface area (TPSA) is 85.2 Å². The van der Waals surface area contributed by atoms with Crippen molar-refractivity contribution in [2.45, 2.75) is 70.8 Å². The first kappa shape index (κ1) is 21.5. The Hall–Kier alpha value is -3.35. The van der Waals surface area contributed by atoms with Crippen molar-refractivity contribution in [3.8, 4) is 22.5 Å². The minimum Gasteiger partial charge on any atom is -0.247 e. The van der Waals surface area contributed by atoms with Crippen molar-refractivity contribution in [2.24, 2.45) is 0 Å². The Labute approximate surface area is 194 Å². The highest BCUT2D eigenvalue weighted by molar-refractivity contribution is 5.80. The zero-order valence-electron chi connectivity index (χ0n) is 19.4. The Morgan fingerprint density at radius 2 is 1.76 bits per heavy atom. The molecule has 170 valence electrons. The highest BCUT2D eigenvalue weighted by Gasteiger charge is 2.23. The molecule has 33 heavy (non-hydrogen) atoms. The van der Waals surface area contributed by atoms with Crippen molar-refractivity contribution in [1.82, 2.24) is 35.4 Å². The van der Waals surface area contributed by atoms with Crippen LogP contribution in [0.5, 0.6) is 0 Å². The molecule has 1 unspecified atom stereocenters. The molecule has 1 aliphatic rings. The van der Waals surface area contributed by atoms with Crippen LogP contribution < -0.4 is 0 Å². The number of benzene rings is 2. The van der Waals surface area contributed by atoms with Crippen molar-refractivity contribution in [1.29, 1.82) is 0 Å². The van der Waals surface area contributed by atoms with Gasteiger partial charge in [0, 0.05) is 17.9 Å². The summed E-state index contributed by atoms with van der Waals surface area (Å²) in [7, 11) is 0. The van der Waals surface area contributed by atoms with Gasteiger partial charge in [-0.3, -0.25) is 0 Å². The summed E-state index contributed by atoms with van der Waals surface area (Å²) in [4.78, 5) is 5.05. The maximum absolute atomic E-state index is 5.05. The number of hydrogen-bond acceptors (Lipinski definition) is 5. The van der Waals surface area contributed by atoms with Crippen LogP contribution in [0.2, 0.25) is 0 Å². The largest absolute Gasteiger partial charge is 0.247 e. The molecule has 0 bridgehead atoms. The lowest BCUT2D eigenvalue weighted by Crippen LogP contribution is -2.11. The van der Waals surface area contributed by atoms with Gasteiger partial charge in [0.2, 0.25) is 5.82 Å². The summed E-state index contributed by atoms with van der Waals surface area (Å²) in [5.41, 5.74) is 4.42. The van der Waals surface area contributed by atoms with E-state index in [-0.39, 0.29) is 0 Å². The zero-order chi connectivity index (χ0) is 22.6. The molecule has 0 spiro atoms. The van der Waals surface area contributed by atoms with E-state index in [4.69, 9.17) is 10.1 Å². The zero-order valence-corrected chi connectivity index (χ0v) is 19.4. The number of aromatic amines is 1. The number of H-pyrrole nitrogens is 1. The van der Waals surface area contributed by atoms with E-state index in [9.17, 15) is 0 Å². The summed E-state index contributed by atoms with van der Waals surface area (Å²) in [6, 6.07) is 17.2. The quantitative estimate of drug-likeness (QED) is 0.395. The molecule has 0 radical (unpaired) electrons. The van der Waals surface area contributed by atoms with Crippen molar-refractivity contribution in [3.63, 3.8) is 0 Å². The molecule has 0 saturated heterocycles. The summed E-state index contributed by atoms with van der Waals surface area (Å²) in [6.45, 7) is 4.45. The van der Waals surface area contributed by atoms with Gasteiger partial charge in [-0.15, -0.1) is 10.2 Å². The normalized spacial score (nSPS) is 15.6. The minimum absolute atomic E-state index is 0.353. The highest BCUT2D eigenvalue weighted by Crippen LogP contribution is 2.32. The predicted octanol–water partition coefficient (Wildman–Crippen LogP) is 5.73. The molecule has 7 heteroatoms. The Morgan fingerprint density at radius 3 is 2.45 bits per heavy atom. The van der Waals surface area contributed by atoms with Crippen LogP contribution in [0.15, 0.2) is 48.5 Å². The average Bonchev–Trinajstić information content (AvgIpc) is 3.55. The second kappa shape index (κ2) is 9.65. The van der Waals surface area contributed by atoms with Crippen LogP contribution in [0.4, 0.5) is 0 Å². The molecule has 5 rings (SSSR count). The molecule has 1 aliphatic carbocycles. The monoisotopic (exact) mass is 441 g/mol. The SMILES string of the molecule is CCC(C)n1nc(C2CCCCC2)nc1Cc1ccc(-c2ccccc2-c2nn[nH]n2)cc1. The number of hydrogen-bond donors (Lipinski definition) is 1. The van der Waals surface area contributed by atoms with Gasteiger partial charge >= 0.3 is 0 Å². The van der Waals surface area contributed by atoms with E-state index in [2.05, 4.69) is 69.5 Å². The second-order valence-corrected chi connectivity index (χ2v) is 9.08. The van der Waals surface area contributed by atoms with Crippen LogP contribution in [-0.2, 0) is 6.42 Å². The van der Waals surface area contributed by atoms with Gasteiger partial charge < -0.3 is 0 Å². The summed E-state index contributed by atoms with van der Waals surface area (Å²) < 4.78 is 2.17. The van der Waals surface area contributed by atoms with Crippen molar-refractivity contribution in [2.75, 3.05) is 0 Å². The number of tetrazole rings is 1. The van der Waals surface area contributed by atoms with Crippen LogP contribution in [0, 0.1) is 0 Å². The van der Waals surface area contributed by atoms with Crippen molar-refractivity contribution in [3.05, 3.63) is 65.7 Å². The molecule has 1 fully saturated rings. The molecular weight excluding hydrogens is 410 g/mol. The standard InChI is InChI=1S/C26H31N7/c1-3-18(2)33-24(27-25(30-33)21-9-5-4-6-10-21)17-19-13-15-20(16-14-19)22-11-7-8-12-23(22)26-28-31-32-29-26/h7-8,11-16,18,21H,3-6,9-10,17H2,1-2H3,(H,28,29,31,32). The lowest BCUT2D eigenvalue weighted by atomic mass is 9.89. The van der Waals surface area contributed by atoms with Gasteiger partial charge in [0.15, 0.2) is 5.82 Å². The Bertz CT molecular complexity index is 1170. The van der Waals surface area contributed by atoms with Crippen molar-refractivity contribution >= 4 is 0 Å². The molecule has 4 aromatic rings. The van der Waals surface area contributed by atoms with Gasteiger partial charge in [-0.25, -0.2) is 9.67 Å². The Balaban J connectivity index is 1.40. The predicted molar refractivity (Wildman–Crippen MR) is 129 cm³/mol. The van der Waals surface area contributed by atoms with E-state index in [0.717, 1.165) is 41.2 Å². The lowest BCUT2D eigenvalue weighted by Gasteiger charge is -2.18. The third-order valence-electron chi connectivity index (χ3n) is 6.84. The van der Waals surface area contributed by atoms with E-state index in [1.807, 2.05) is 18.2 Å². The maximum atomic E-state index is 5.05. The molecule has 0 aliphatic heterocycles. The molecular formula is C26H31N7. The van der Waals surface area contributed by atoms with Gasteiger partial charge in [0.1, 0.15) is 5.82 Å². The highest BCUT2D eigenvalue weighted by atomic mass is 15.5. The molecule has 2 aromatic heterocycles. The van der Waals surface area contributed by atoms with E-state index in [0.29, 0.717) is 17.8 Å². The first-order chi connectivity index (χ1) is 16.2. The first-order valence-electron chi connectivity index (χ1n) is 12.1. The number of nitrogens with one attached hydrogen (secondary N) is 1. The smallest absolute Gasteiger partial charge is 0.205 e. The van der Waals surface area contributed by atoms with Crippen LogP contribution in [0.1, 0.15) is 81.5 Å². The fourth-order valence-corrected chi connectivity index (χ4v) is 4.74. The van der Waals surface area contributed by atoms with Gasteiger partial charge in [-0.1, -0.05) is 74.7 Å². The minimum atomic E-state index is 0.353. The van der Waals surface area contributed by atoms with Crippen molar-refractivity contribution < 1.29 is 0 Å². The van der Waals surface area contributed by atoms with E-state index >= 15 is 0 Å². The fraction of sp³-hybridized carbons (Fsp3) is 0.423. The van der Waals surface area contributed by atoms with E-state index in [1.54, 1.807) is 0 Å². The molecule has 1 saturated carbocycles. The number of rotatable bonds is 7. The third-order valence-corrected chi connectivity index (χ3v) is 6.84. The maximum Gasteiger partial charge on any atom is 0.205 e. The van der Waals surface area contributed by atoms with Crippen LogP contribution >= 0.6 is 0 Å². The third kappa shape index (κ3) is 4.58.